The van der Waals surface area contributed by atoms with Gasteiger partial charge in [-0.25, -0.2) is 0 Å². The van der Waals surface area contributed by atoms with Crippen LogP contribution in [0.4, 0.5) is 5.69 Å². The van der Waals surface area contributed by atoms with Crippen molar-refractivity contribution in [3.05, 3.63) is 71.5 Å². The third-order valence-electron chi connectivity index (χ3n) is 5.09. The molecule has 0 radical (unpaired) electrons. The van der Waals surface area contributed by atoms with Gasteiger partial charge in [0.1, 0.15) is 0 Å². The maximum absolute atomic E-state index is 3.77. The molecule has 0 spiro atoms. The average molecular weight is 336 g/mol. The number of anilines is 1. The minimum absolute atomic E-state index is 0.206. The van der Waals surface area contributed by atoms with Gasteiger partial charge in [0, 0.05) is 21.8 Å². The molecule has 4 rings (SSSR count). The molecule has 0 amide bonds. The quantitative estimate of drug-likeness (QED) is 0.668. The van der Waals surface area contributed by atoms with E-state index in [0.29, 0.717) is 11.2 Å². The Kier molecular flexibility index (Phi) is 3.96. The Balaban J connectivity index is 1.71. The van der Waals surface area contributed by atoms with E-state index in [4.69, 9.17) is 0 Å². The average Bonchev–Trinajstić information content (AvgIpc) is 2.94. The van der Waals surface area contributed by atoms with Gasteiger partial charge in [0.2, 0.25) is 0 Å². The minimum atomic E-state index is 0.206. The lowest BCUT2D eigenvalue weighted by Crippen LogP contribution is -2.17. The van der Waals surface area contributed by atoms with Crippen molar-refractivity contribution in [2.45, 2.75) is 49.7 Å². The normalized spacial score (nSPS) is 25.0. The summed E-state index contributed by atoms with van der Waals surface area (Å²) in [6.07, 6.45) is 15.9. The van der Waals surface area contributed by atoms with Crippen molar-refractivity contribution in [1.82, 2.24) is 0 Å². The lowest BCUT2D eigenvalue weighted by Gasteiger charge is -2.29. The number of hydrogen-bond donors (Lipinski definition) is 1. The number of rotatable bonds is 2. The summed E-state index contributed by atoms with van der Waals surface area (Å²) >= 11 is 2.00. The Morgan fingerprint density at radius 3 is 2.79 bits per heavy atom. The fourth-order valence-corrected chi connectivity index (χ4v) is 5.28. The van der Waals surface area contributed by atoms with Crippen LogP contribution >= 0.6 is 11.8 Å². The minimum Gasteiger partial charge on any atom is -0.355 e. The fourth-order valence-electron chi connectivity index (χ4n) is 3.87. The molecule has 124 valence electrons. The van der Waals surface area contributed by atoms with Crippen LogP contribution in [-0.2, 0) is 0 Å². The summed E-state index contributed by atoms with van der Waals surface area (Å²) in [6, 6.07) is 6.71. The maximum atomic E-state index is 3.77. The molecule has 0 aromatic heterocycles. The van der Waals surface area contributed by atoms with Gasteiger partial charge in [0.05, 0.1) is 5.69 Å². The summed E-state index contributed by atoms with van der Waals surface area (Å²) in [5.41, 5.74) is 5.76. The highest BCUT2D eigenvalue weighted by molar-refractivity contribution is 8.00. The molecule has 1 aromatic rings. The first-order chi connectivity index (χ1) is 11.5. The van der Waals surface area contributed by atoms with Crippen LogP contribution in [0.3, 0.4) is 0 Å². The topological polar surface area (TPSA) is 12.0 Å². The number of hydrogen-bond acceptors (Lipinski definition) is 2. The molecule has 1 N–H and O–H groups in total. The van der Waals surface area contributed by atoms with Crippen LogP contribution in [0.15, 0.2) is 70.8 Å². The highest BCUT2D eigenvalue weighted by Crippen LogP contribution is 2.51. The van der Waals surface area contributed by atoms with Crippen LogP contribution < -0.4 is 5.32 Å². The molecule has 3 aliphatic rings. The number of nitrogens with one attached hydrogen (secondary N) is 1. The van der Waals surface area contributed by atoms with Gasteiger partial charge in [-0.05, 0) is 41.5 Å². The molecule has 0 fully saturated rings. The highest BCUT2D eigenvalue weighted by Gasteiger charge is 2.33. The number of benzene rings is 1. The number of fused-ring (bicyclic) bond motifs is 3. The zero-order valence-corrected chi connectivity index (χ0v) is 15.5. The van der Waals surface area contributed by atoms with Crippen LogP contribution in [0.5, 0.6) is 0 Å². The van der Waals surface area contributed by atoms with Crippen molar-refractivity contribution in [2.75, 3.05) is 5.32 Å². The summed E-state index contributed by atoms with van der Waals surface area (Å²) in [7, 11) is 0. The van der Waals surface area contributed by atoms with E-state index in [-0.39, 0.29) is 5.41 Å². The molecule has 2 atom stereocenters. The Labute approximate surface area is 149 Å². The van der Waals surface area contributed by atoms with Gasteiger partial charge in [-0.2, -0.15) is 0 Å². The van der Waals surface area contributed by atoms with E-state index in [2.05, 4.69) is 80.7 Å². The second-order valence-corrected chi connectivity index (χ2v) is 9.00. The fraction of sp³-hybridized carbons (Fsp3) is 0.364. The largest absolute Gasteiger partial charge is 0.355 e. The van der Waals surface area contributed by atoms with Crippen LogP contribution in [-0.4, -0.2) is 5.25 Å². The molecule has 1 aromatic carbocycles. The summed E-state index contributed by atoms with van der Waals surface area (Å²) in [4.78, 5) is 1.42. The lowest BCUT2D eigenvalue weighted by molar-refractivity contribution is 0.477. The third kappa shape index (κ3) is 2.77. The summed E-state index contributed by atoms with van der Waals surface area (Å²) in [6.45, 7) is 6.95. The van der Waals surface area contributed by atoms with E-state index >= 15 is 0 Å². The SMILES string of the molecule is CC(C)(C)C1=C(Nc2cccc3c2SC2C=CC=CC32)C=CCC1. The lowest BCUT2D eigenvalue weighted by atomic mass is 9.80. The molecule has 0 saturated heterocycles. The van der Waals surface area contributed by atoms with Crippen molar-refractivity contribution >= 4 is 17.4 Å². The standard InChI is InChI=1S/C22H25NS/c1-22(2,3)17-11-5-6-12-18(17)23-19-13-8-10-16-15-9-4-7-14-20(15)24-21(16)19/h4,6-10,12-15,20,23H,5,11H2,1-3H3. The summed E-state index contributed by atoms with van der Waals surface area (Å²) < 4.78 is 0. The molecular formula is C22H25NS. The van der Waals surface area contributed by atoms with Gasteiger partial charge in [0.25, 0.3) is 0 Å². The van der Waals surface area contributed by atoms with Crippen molar-refractivity contribution < 1.29 is 0 Å². The second kappa shape index (κ2) is 6.00. The smallest absolute Gasteiger partial charge is 0.0525 e. The Bertz CT molecular complexity index is 774. The van der Waals surface area contributed by atoms with Crippen LogP contribution in [0.1, 0.15) is 45.1 Å². The monoisotopic (exact) mass is 335 g/mol. The highest BCUT2D eigenvalue weighted by atomic mass is 32.2. The van der Waals surface area contributed by atoms with Crippen molar-refractivity contribution in [3.8, 4) is 0 Å². The molecule has 2 aliphatic carbocycles. The molecule has 2 unspecified atom stereocenters. The van der Waals surface area contributed by atoms with Gasteiger partial charge in [-0.3, -0.25) is 0 Å². The zero-order chi connectivity index (χ0) is 16.7. The Hall–Kier alpha value is -1.67. The first kappa shape index (κ1) is 15.8. The van der Waals surface area contributed by atoms with E-state index in [1.54, 1.807) is 0 Å². The van der Waals surface area contributed by atoms with Gasteiger partial charge in [0.15, 0.2) is 0 Å². The Morgan fingerprint density at radius 1 is 1.12 bits per heavy atom. The molecule has 0 bridgehead atoms. The number of thioether (sulfide) groups is 1. The first-order valence-electron chi connectivity index (χ1n) is 8.86. The Morgan fingerprint density at radius 2 is 1.96 bits per heavy atom. The zero-order valence-electron chi connectivity index (χ0n) is 14.7. The first-order valence-corrected chi connectivity index (χ1v) is 9.74. The van der Waals surface area contributed by atoms with Crippen molar-refractivity contribution in [1.29, 1.82) is 0 Å². The van der Waals surface area contributed by atoms with Gasteiger partial charge >= 0.3 is 0 Å². The molecule has 0 saturated carbocycles. The van der Waals surface area contributed by atoms with Crippen molar-refractivity contribution in [3.63, 3.8) is 0 Å². The van der Waals surface area contributed by atoms with E-state index in [1.165, 1.54) is 27.4 Å². The molecule has 1 aliphatic heterocycles. The maximum Gasteiger partial charge on any atom is 0.0525 e. The van der Waals surface area contributed by atoms with Crippen molar-refractivity contribution in [2.24, 2.45) is 5.41 Å². The predicted molar refractivity (Wildman–Crippen MR) is 106 cm³/mol. The molecule has 2 heteroatoms. The predicted octanol–water partition coefficient (Wildman–Crippen LogP) is 6.43. The molecule has 24 heavy (non-hydrogen) atoms. The van der Waals surface area contributed by atoms with Crippen LogP contribution in [0, 0.1) is 5.41 Å². The van der Waals surface area contributed by atoms with Gasteiger partial charge in [-0.1, -0.05) is 63.3 Å². The molecular weight excluding hydrogens is 310 g/mol. The van der Waals surface area contributed by atoms with E-state index in [0.717, 1.165) is 12.8 Å². The van der Waals surface area contributed by atoms with E-state index < -0.39 is 0 Å². The number of allylic oxidation sites excluding steroid dienone is 6. The van der Waals surface area contributed by atoms with E-state index in [9.17, 15) is 0 Å². The summed E-state index contributed by atoms with van der Waals surface area (Å²) in [5.74, 6) is 0.523. The summed E-state index contributed by atoms with van der Waals surface area (Å²) in [5, 5.41) is 4.32. The second-order valence-electron chi connectivity index (χ2n) is 7.81. The van der Waals surface area contributed by atoms with Crippen LogP contribution in [0.2, 0.25) is 0 Å². The van der Waals surface area contributed by atoms with E-state index in [1.807, 2.05) is 11.8 Å². The van der Waals surface area contributed by atoms with Crippen LogP contribution in [0.25, 0.3) is 0 Å². The molecule has 1 heterocycles. The molecule has 1 nitrogen and oxygen atoms in total. The van der Waals surface area contributed by atoms with Gasteiger partial charge < -0.3 is 5.32 Å². The third-order valence-corrected chi connectivity index (χ3v) is 6.50. The van der Waals surface area contributed by atoms with Gasteiger partial charge in [-0.15, -0.1) is 11.8 Å².